The Hall–Kier alpha value is -2.20. The molecule has 0 aliphatic carbocycles. The number of rotatable bonds is 12. The maximum atomic E-state index is 12.8. The highest BCUT2D eigenvalue weighted by molar-refractivity contribution is 5.94. The smallest absolute Gasteiger partial charge is 0.328 e. The Morgan fingerprint density at radius 3 is 1.59 bits per heavy atom. The molecule has 0 fully saturated rings. The van der Waals surface area contributed by atoms with Crippen molar-refractivity contribution >= 4 is 23.7 Å². The SMILES string of the molecule is CCC(C)C(N)C(=O)NC(C(=O)NC(C(=O)NC(CO)C(=O)O)C(C)C)C(C)C. The van der Waals surface area contributed by atoms with Gasteiger partial charge in [0.15, 0.2) is 0 Å². The molecule has 0 aliphatic rings. The van der Waals surface area contributed by atoms with Gasteiger partial charge in [0.2, 0.25) is 17.7 Å². The molecule has 5 atom stereocenters. The molecule has 0 rings (SSSR count). The van der Waals surface area contributed by atoms with E-state index in [1.165, 1.54) is 0 Å². The number of aliphatic hydroxyl groups excluding tert-OH is 1. The van der Waals surface area contributed by atoms with Crippen LogP contribution >= 0.6 is 0 Å². The minimum Gasteiger partial charge on any atom is -0.480 e. The van der Waals surface area contributed by atoms with Gasteiger partial charge in [-0.15, -0.1) is 0 Å². The molecule has 0 bridgehead atoms. The Bertz CT molecular complexity index is 581. The van der Waals surface area contributed by atoms with Gasteiger partial charge in [-0.2, -0.15) is 0 Å². The van der Waals surface area contributed by atoms with Gasteiger partial charge in [-0.05, 0) is 17.8 Å². The molecule has 10 heteroatoms. The van der Waals surface area contributed by atoms with E-state index in [4.69, 9.17) is 15.9 Å². The van der Waals surface area contributed by atoms with Gasteiger partial charge in [0, 0.05) is 0 Å². The van der Waals surface area contributed by atoms with E-state index in [9.17, 15) is 19.2 Å². The minimum atomic E-state index is -1.48. The summed E-state index contributed by atoms with van der Waals surface area (Å²) in [6, 6.07) is -4.20. The van der Waals surface area contributed by atoms with Gasteiger partial charge in [0.05, 0.1) is 12.6 Å². The maximum absolute atomic E-state index is 12.8. The molecule has 0 radical (unpaired) electrons. The van der Waals surface area contributed by atoms with Crippen molar-refractivity contribution in [2.45, 2.75) is 72.1 Å². The molecule has 29 heavy (non-hydrogen) atoms. The van der Waals surface area contributed by atoms with Crippen LogP contribution in [0.15, 0.2) is 0 Å². The molecule has 3 amide bonds. The first-order valence-corrected chi connectivity index (χ1v) is 9.87. The van der Waals surface area contributed by atoms with Crippen LogP contribution in [0.2, 0.25) is 0 Å². The van der Waals surface area contributed by atoms with E-state index in [-0.39, 0.29) is 17.8 Å². The fraction of sp³-hybridized carbons (Fsp3) is 0.789. The van der Waals surface area contributed by atoms with Gasteiger partial charge in [-0.3, -0.25) is 14.4 Å². The Morgan fingerprint density at radius 1 is 0.828 bits per heavy atom. The second kappa shape index (κ2) is 12.4. The van der Waals surface area contributed by atoms with Crippen molar-refractivity contribution in [2.75, 3.05) is 6.61 Å². The maximum Gasteiger partial charge on any atom is 0.328 e. The van der Waals surface area contributed by atoms with E-state index < -0.39 is 54.5 Å². The van der Waals surface area contributed by atoms with E-state index in [2.05, 4.69) is 16.0 Å². The summed E-state index contributed by atoms with van der Waals surface area (Å²) in [5, 5.41) is 25.5. The zero-order valence-corrected chi connectivity index (χ0v) is 18.1. The van der Waals surface area contributed by atoms with Gasteiger partial charge in [0.25, 0.3) is 0 Å². The van der Waals surface area contributed by atoms with Gasteiger partial charge >= 0.3 is 5.97 Å². The average Bonchev–Trinajstić information content (AvgIpc) is 2.65. The highest BCUT2D eigenvalue weighted by Crippen LogP contribution is 2.10. The second-order valence-corrected chi connectivity index (χ2v) is 7.95. The number of hydrogen-bond donors (Lipinski definition) is 6. The van der Waals surface area contributed by atoms with Gasteiger partial charge < -0.3 is 31.9 Å². The predicted molar refractivity (Wildman–Crippen MR) is 108 cm³/mol. The minimum absolute atomic E-state index is 0.0634. The van der Waals surface area contributed by atoms with Gasteiger partial charge in [0.1, 0.15) is 18.1 Å². The molecule has 0 aromatic heterocycles. The summed E-state index contributed by atoms with van der Waals surface area (Å²) in [6.45, 7) is 9.83. The highest BCUT2D eigenvalue weighted by Gasteiger charge is 2.33. The topological polar surface area (TPSA) is 171 Å². The van der Waals surface area contributed by atoms with Crippen molar-refractivity contribution in [3.63, 3.8) is 0 Å². The van der Waals surface area contributed by atoms with E-state index in [0.29, 0.717) is 6.42 Å². The first kappa shape index (κ1) is 26.8. The quantitative estimate of drug-likeness (QED) is 0.242. The summed E-state index contributed by atoms with van der Waals surface area (Å²) in [4.78, 5) is 48.6. The Kier molecular flexibility index (Phi) is 11.4. The molecule has 0 aliphatic heterocycles. The zero-order valence-electron chi connectivity index (χ0n) is 18.1. The molecule has 168 valence electrons. The molecular formula is C19H36N4O6. The Balaban J connectivity index is 5.31. The normalized spacial score (nSPS) is 16.5. The number of carboxylic acid groups (broad SMARTS) is 1. The van der Waals surface area contributed by atoms with Crippen molar-refractivity contribution in [3.05, 3.63) is 0 Å². The van der Waals surface area contributed by atoms with E-state index in [1.54, 1.807) is 27.7 Å². The number of nitrogens with two attached hydrogens (primary N) is 1. The lowest BCUT2D eigenvalue weighted by atomic mass is 9.96. The van der Waals surface area contributed by atoms with Crippen LogP contribution < -0.4 is 21.7 Å². The summed E-state index contributed by atoms with van der Waals surface area (Å²) in [7, 11) is 0. The number of carbonyl (C=O) groups excluding carboxylic acids is 3. The molecule has 0 saturated carbocycles. The molecule has 0 aromatic rings. The third kappa shape index (κ3) is 8.36. The van der Waals surface area contributed by atoms with Crippen molar-refractivity contribution in [1.82, 2.24) is 16.0 Å². The number of carboxylic acids is 1. The second-order valence-electron chi connectivity index (χ2n) is 7.95. The fourth-order valence-electron chi connectivity index (χ4n) is 2.52. The van der Waals surface area contributed by atoms with Gasteiger partial charge in [-0.25, -0.2) is 4.79 Å². The first-order valence-electron chi connectivity index (χ1n) is 9.87. The number of aliphatic carboxylic acids is 1. The van der Waals surface area contributed by atoms with Crippen LogP contribution in [-0.4, -0.2) is 64.7 Å². The molecular weight excluding hydrogens is 380 g/mol. The first-order chi connectivity index (χ1) is 13.4. The van der Waals surface area contributed by atoms with Crippen LogP contribution in [0.3, 0.4) is 0 Å². The lowest BCUT2D eigenvalue weighted by molar-refractivity contribution is -0.143. The van der Waals surface area contributed by atoms with Crippen LogP contribution in [0.4, 0.5) is 0 Å². The molecule has 7 N–H and O–H groups in total. The van der Waals surface area contributed by atoms with Crippen LogP contribution in [0.1, 0.15) is 48.0 Å². The van der Waals surface area contributed by atoms with Gasteiger partial charge in [-0.1, -0.05) is 48.0 Å². The molecule has 0 heterocycles. The molecule has 0 spiro atoms. The van der Waals surface area contributed by atoms with Crippen molar-refractivity contribution in [2.24, 2.45) is 23.5 Å². The monoisotopic (exact) mass is 416 g/mol. The van der Waals surface area contributed by atoms with Crippen molar-refractivity contribution in [3.8, 4) is 0 Å². The van der Waals surface area contributed by atoms with Crippen LogP contribution in [0.25, 0.3) is 0 Å². The number of aliphatic hydroxyl groups is 1. The summed E-state index contributed by atoms with van der Waals surface area (Å²) < 4.78 is 0. The molecule has 5 unspecified atom stereocenters. The Labute approximate surface area is 172 Å². The largest absolute Gasteiger partial charge is 0.480 e. The third-order valence-corrected chi connectivity index (χ3v) is 4.85. The average molecular weight is 417 g/mol. The number of nitrogens with one attached hydrogen (secondary N) is 3. The number of hydrogen-bond acceptors (Lipinski definition) is 6. The highest BCUT2D eigenvalue weighted by atomic mass is 16.4. The van der Waals surface area contributed by atoms with Crippen molar-refractivity contribution < 1.29 is 29.4 Å². The molecule has 0 aromatic carbocycles. The zero-order chi connectivity index (χ0) is 22.9. The third-order valence-electron chi connectivity index (χ3n) is 4.85. The molecule has 0 saturated heterocycles. The molecule has 10 nitrogen and oxygen atoms in total. The number of amides is 3. The van der Waals surface area contributed by atoms with E-state index >= 15 is 0 Å². The lowest BCUT2D eigenvalue weighted by Crippen LogP contribution is -2.60. The van der Waals surface area contributed by atoms with Crippen LogP contribution in [-0.2, 0) is 19.2 Å². The Morgan fingerprint density at radius 2 is 1.24 bits per heavy atom. The summed E-state index contributed by atoms with van der Waals surface area (Å²) in [5.41, 5.74) is 5.93. The van der Waals surface area contributed by atoms with Crippen molar-refractivity contribution in [1.29, 1.82) is 0 Å². The van der Waals surface area contributed by atoms with Crippen LogP contribution in [0.5, 0.6) is 0 Å². The summed E-state index contributed by atoms with van der Waals surface area (Å²) in [6.07, 6.45) is 0.707. The van der Waals surface area contributed by atoms with E-state index in [0.717, 1.165) is 0 Å². The number of carbonyl (C=O) groups is 4. The summed E-state index contributed by atoms with van der Waals surface area (Å²) in [5.74, 6) is -3.85. The summed E-state index contributed by atoms with van der Waals surface area (Å²) >= 11 is 0. The predicted octanol–water partition coefficient (Wildman–Crippen LogP) is -0.797. The fourth-order valence-corrected chi connectivity index (χ4v) is 2.52. The van der Waals surface area contributed by atoms with E-state index in [1.807, 2.05) is 13.8 Å². The van der Waals surface area contributed by atoms with Crippen LogP contribution in [0, 0.1) is 17.8 Å². The lowest BCUT2D eigenvalue weighted by Gasteiger charge is -2.29. The standard InChI is InChI=1S/C19H36N4O6/c1-7-11(6)13(20)16(25)22-15(10(4)5)18(27)23-14(9(2)3)17(26)21-12(8-24)19(28)29/h9-15,24H,7-8,20H2,1-6H3,(H,21,26)(H,22,25)(H,23,27)(H,28,29).